The van der Waals surface area contributed by atoms with Gasteiger partial charge in [0.1, 0.15) is 12.4 Å². The van der Waals surface area contributed by atoms with Crippen molar-refractivity contribution in [2.75, 3.05) is 18.5 Å². The number of rotatable bonds is 6. The molecule has 0 heterocycles. The van der Waals surface area contributed by atoms with Crippen molar-refractivity contribution in [2.24, 2.45) is 0 Å². The molecule has 0 unspecified atom stereocenters. The highest BCUT2D eigenvalue weighted by atomic mass is 79.9. The molecule has 16 heavy (non-hydrogen) atoms. The molecule has 0 aliphatic heterocycles. The van der Waals surface area contributed by atoms with E-state index in [1.165, 1.54) is 0 Å². The van der Waals surface area contributed by atoms with Gasteiger partial charge in [0.2, 0.25) is 5.91 Å². The minimum Gasteiger partial charge on any atom is -0.490 e. The van der Waals surface area contributed by atoms with E-state index in [4.69, 9.17) is 16.3 Å². The zero-order valence-corrected chi connectivity index (χ0v) is 11.1. The molecule has 1 N–H and O–H groups in total. The van der Waals surface area contributed by atoms with Gasteiger partial charge in [0.25, 0.3) is 0 Å². The second-order valence-corrected chi connectivity index (χ2v) is 4.27. The van der Waals surface area contributed by atoms with Gasteiger partial charge in [-0.2, -0.15) is 0 Å². The van der Waals surface area contributed by atoms with Crippen LogP contribution in [0.15, 0.2) is 24.3 Å². The molecular weight excluding hydrogens is 293 g/mol. The van der Waals surface area contributed by atoms with Crippen molar-refractivity contribution < 1.29 is 9.53 Å². The number of carbonyl (C=O) groups is 1. The van der Waals surface area contributed by atoms with Crippen molar-refractivity contribution in [3.63, 3.8) is 0 Å². The van der Waals surface area contributed by atoms with E-state index in [9.17, 15) is 4.79 Å². The summed E-state index contributed by atoms with van der Waals surface area (Å²) < 4.78 is 5.41. The van der Waals surface area contributed by atoms with E-state index in [-0.39, 0.29) is 5.91 Å². The summed E-state index contributed by atoms with van der Waals surface area (Å²) in [5.41, 5.74) is 0. The molecule has 0 saturated heterocycles. The van der Waals surface area contributed by atoms with Gasteiger partial charge in [-0.1, -0.05) is 39.7 Å². The Labute approximate surface area is 108 Å². The maximum absolute atomic E-state index is 11.1. The fourth-order valence-corrected chi connectivity index (χ4v) is 1.64. The summed E-state index contributed by atoms with van der Waals surface area (Å²) in [6, 6.07) is 7.25. The zero-order valence-electron chi connectivity index (χ0n) is 8.71. The third-order valence-corrected chi connectivity index (χ3v) is 2.55. The Balaban J connectivity index is 2.21. The van der Waals surface area contributed by atoms with E-state index in [2.05, 4.69) is 21.2 Å². The fraction of sp³-hybridized carbons (Fsp3) is 0.364. The molecule has 0 bridgehead atoms. The van der Waals surface area contributed by atoms with Crippen LogP contribution in [0, 0.1) is 0 Å². The Morgan fingerprint density at radius 3 is 2.88 bits per heavy atom. The first-order chi connectivity index (χ1) is 7.74. The molecule has 5 heteroatoms. The van der Waals surface area contributed by atoms with E-state index in [0.717, 1.165) is 0 Å². The van der Waals surface area contributed by atoms with Crippen LogP contribution in [0.2, 0.25) is 5.02 Å². The summed E-state index contributed by atoms with van der Waals surface area (Å²) in [5, 5.41) is 3.99. The Morgan fingerprint density at radius 2 is 2.19 bits per heavy atom. The Kier molecular flexibility index (Phi) is 6.26. The number of para-hydroxylation sites is 1. The van der Waals surface area contributed by atoms with E-state index >= 15 is 0 Å². The number of carbonyl (C=O) groups excluding carboxylic acids is 1. The van der Waals surface area contributed by atoms with E-state index in [1.807, 2.05) is 12.1 Å². The van der Waals surface area contributed by atoms with Crippen LogP contribution in [0.1, 0.15) is 6.42 Å². The van der Waals surface area contributed by atoms with E-state index in [0.29, 0.717) is 35.7 Å². The van der Waals surface area contributed by atoms with Gasteiger partial charge >= 0.3 is 0 Å². The zero-order chi connectivity index (χ0) is 11.8. The lowest BCUT2D eigenvalue weighted by Crippen LogP contribution is -2.28. The maximum atomic E-state index is 11.1. The number of halogens is 2. The predicted molar refractivity (Wildman–Crippen MR) is 68.4 cm³/mol. The molecule has 0 radical (unpaired) electrons. The summed E-state index contributed by atoms with van der Waals surface area (Å²) in [7, 11) is 0. The summed E-state index contributed by atoms with van der Waals surface area (Å²) in [5.74, 6) is 0.651. The van der Waals surface area contributed by atoms with Gasteiger partial charge < -0.3 is 10.1 Å². The van der Waals surface area contributed by atoms with Gasteiger partial charge in [0, 0.05) is 11.8 Å². The summed E-state index contributed by atoms with van der Waals surface area (Å²) in [4.78, 5) is 11.1. The first-order valence-electron chi connectivity index (χ1n) is 4.94. The molecule has 88 valence electrons. The van der Waals surface area contributed by atoms with Crippen LogP contribution in [-0.2, 0) is 4.79 Å². The molecule has 0 aliphatic rings. The summed E-state index contributed by atoms with van der Waals surface area (Å²) >= 11 is 9.09. The standard InChI is InChI=1S/C11H13BrClNO2/c12-6-5-11(15)14-7-8-16-10-4-2-1-3-9(10)13/h1-4H,5-8H2,(H,14,15). The van der Waals surface area contributed by atoms with Crippen molar-refractivity contribution in [3.8, 4) is 5.75 Å². The van der Waals surface area contributed by atoms with Gasteiger partial charge in [-0.3, -0.25) is 4.79 Å². The molecule has 1 rings (SSSR count). The third kappa shape index (κ3) is 4.86. The minimum atomic E-state index is 0.0135. The largest absolute Gasteiger partial charge is 0.490 e. The van der Waals surface area contributed by atoms with Gasteiger partial charge in [-0.05, 0) is 12.1 Å². The Morgan fingerprint density at radius 1 is 1.44 bits per heavy atom. The third-order valence-electron chi connectivity index (χ3n) is 1.84. The molecule has 0 fully saturated rings. The number of ether oxygens (including phenoxy) is 1. The highest BCUT2D eigenvalue weighted by Crippen LogP contribution is 2.22. The van der Waals surface area contributed by atoms with Gasteiger partial charge in [-0.15, -0.1) is 0 Å². The molecule has 0 aliphatic carbocycles. The van der Waals surface area contributed by atoms with E-state index in [1.54, 1.807) is 12.1 Å². The number of hydrogen-bond donors (Lipinski definition) is 1. The van der Waals surface area contributed by atoms with Crippen molar-refractivity contribution in [2.45, 2.75) is 6.42 Å². The number of amides is 1. The lowest BCUT2D eigenvalue weighted by molar-refractivity contribution is -0.120. The van der Waals surface area contributed by atoms with Gasteiger partial charge in [-0.25, -0.2) is 0 Å². The van der Waals surface area contributed by atoms with Crippen molar-refractivity contribution in [1.29, 1.82) is 0 Å². The van der Waals surface area contributed by atoms with Crippen LogP contribution < -0.4 is 10.1 Å². The van der Waals surface area contributed by atoms with Crippen LogP contribution in [-0.4, -0.2) is 24.4 Å². The van der Waals surface area contributed by atoms with Gasteiger partial charge in [0.05, 0.1) is 11.6 Å². The number of alkyl halides is 1. The molecule has 1 aromatic carbocycles. The highest BCUT2D eigenvalue weighted by Gasteiger charge is 2.01. The summed E-state index contributed by atoms with van der Waals surface area (Å²) in [6.07, 6.45) is 0.478. The monoisotopic (exact) mass is 305 g/mol. The van der Waals surface area contributed by atoms with Crippen LogP contribution in [0.4, 0.5) is 0 Å². The molecule has 0 saturated carbocycles. The first-order valence-corrected chi connectivity index (χ1v) is 6.44. The predicted octanol–water partition coefficient (Wildman–Crippen LogP) is 2.62. The average molecular weight is 307 g/mol. The second kappa shape index (κ2) is 7.52. The van der Waals surface area contributed by atoms with Crippen molar-refractivity contribution in [1.82, 2.24) is 5.32 Å². The van der Waals surface area contributed by atoms with Crippen molar-refractivity contribution in [3.05, 3.63) is 29.3 Å². The highest BCUT2D eigenvalue weighted by molar-refractivity contribution is 9.09. The van der Waals surface area contributed by atoms with Crippen LogP contribution in [0.3, 0.4) is 0 Å². The van der Waals surface area contributed by atoms with Crippen LogP contribution in [0.25, 0.3) is 0 Å². The topological polar surface area (TPSA) is 38.3 Å². The minimum absolute atomic E-state index is 0.0135. The van der Waals surface area contributed by atoms with Crippen LogP contribution >= 0.6 is 27.5 Å². The normalized spacial score (nSPS) is 9.88. The van der Waals surface area contributed by atoms with Crippen molar-refractivity contribution >= 4 is 33.4 Å². The van der Waals surface area contributed by atoms with Crippen LogP contribution in [0.5, 0.6) is 5.75 Å². The Bertz CT molecular complexity index is 347. The molecule has 3 nitrogen and oxygen atoms in total. The lowest BCUT2D eigenvalue weighted by atomic mass is 10.3. The summed E-state index contributed by atoms with van der Waals surface area (Å²) in [6.45, 7) is 0.898. The first kappa shape index (κ1) is 13.3. The van der Waals surface area contributed by atoms with Gasteiger partial charge in [0.15, 0.2) is 0 Å². The molecule has 0 spiro atoms. The second-order valence-electron chi connectivity index (χ2n) is 3.07. The number of hydrogen-bond acceptors (Lipinski definition) is 2. The smallest absolute Gasteiger partial charge is 0.220 e. The molecular formula is C11H13BrClNO2. The molecule has 1 aromatic rings. The Hall–Kier alpha value is -0.740. The molecule has 1 amide bonds. The maximum Gasteiger partial charge on any atom is 0.220 e. The SMILES string of the molecule is O=C(CCBr)NCCOc1ccccc1Cl. The average Bonchev–Trinajstić information content (AvgIpc) is 2.27. The number of benzene rings is 1. The quantitative estimate of drug-likeness (QED) is 0.648. The lowest BCUT2D eigenvalue weighted by Gasteiger charge is -2.08. The molecule has 0 aromatic heterocycles. The fourth-order valence-electron chi connectivity index (χ4n) is 1.09. The molecule has 0 atom stereocenters. The number of nitrogens with one attached hydrogen (secondary N) is 1. The van der Waals surface area contributed by atoms with E-state index < -0.39 is 0 Å².